The van der Waals surface area contributed by atoms with Gasteiger partial charge in [0.2, 0.25) is 9.84 Å². The predicted octanol–water partition coefficient (Wildman–Crippen LogP) is 5.90. The molecule has 3 aromatic rings. The van der Waals surface area contributed by atoms with Crippen LogP contribution in [-0.4, -0.2) is 8.42 Å². The lowest BCUT2D eigenvalue weighted by Crippen LogP contribution is -2.10. The van der Waals surface area contributed by atoms with E-state index >= 15 is 0 Å². The van der Waals surface area contributed by atoms with Gasteiger partial charge in [0.15, 0.2) is 0 Å². The van der Waals surface area contributed by atoms with Crippen molar-refractivity contribution in [2.24, 2.45) is 0 Å². The van der Waals surface area contributed by atoms with Gasteiger partial charge >= 0.3 is 0 Å². The van der Waals surface area contributed by atoms with Crippen molar-refractivity contribution in [1.82, 2.24) is 0 Å². The number of para-hydroxylation sites is 1. The van der Waals surface area contributed by atoms with Crippen LogP contribution in [0.5, 0.6) is 5.75 Å². The Bertz CT molecular complexity index is 1210. The zero-order valence-electron chi connectivity index (χ0n) is 17.9. The molecule has 0 fully saturated rings. The van der Waals surface area contributed by atoms with Crippen molar-refractivity contribution < 1.29 is 13.2 Å². The predicted molar refractivity (Wildman–Crippen MR) is 123 cm³/mol. The van der Waals surface area contributed by atoms with Gasteiger partial charge in [0, 0.05) is 5.56 Å². The number of rotatable bonds is 6. The number of sulfone groups is 1. The third-order valence-electron chi connectivity index (χ3n) is 4.87. The van der Waals surface area contributed by atoms with E-state index in [1.807, 2.05) is 24.3 Å². The Balaban J connectivity index is 1.85. The number of ether oxygens (including phenoxy) is 1. The fourth-order valence-corrected chi connectivity index (χ4v) is 4.20. The molecule has 0 saturated carbocycles. The third-order valence-corrected chi connectivity index (χ3v) is 6.55. The van der Waals surface area contributed by atoms with Crippen LogP contribution in [0.1, 0.15) is 37.5 Å². The van der Waals surface area contributed by atoms with E-state index in [2.05, 4.69) is 32.9 Å². The first-order valence-corrected chi connectivity index (χ1v) is 11.4. The maximum Gasteiger partial charge on any atom is 0.216 e. The second-order valence-corrected chi connectivity index (χ2v) is 10.1. The molecular formula is C26H25NO3S. The molecule has 158 valence electrons. The van der Waals surface area contributed by atoms with Gasteiger partial charge in [-0.2, -0.15) is 5.26 Å². The molecule has 0 aliphatic carbocycles. The fourth-order valence-electron chi connectivity index (χ4n) is 3.03. The van der Waals surface area contributed by atoms with Crippen molar-refractivity contribution in [1.29, 1.82) is 5.26 Å². The Hall–Kier alpha value is -3.36. The maximum atomic E-state index is 12.8. The molecule has 0 atom stereocenters. The minimum atomic E-state index is -3.91. The van der Waals surface area contributed by atoms with Gasteiger partial charge in [0.05, 0.1) is 4.90 Å². The van der Waals surface area contributed by atoms with Crippen molar-refractivity contribution in [2.45, 2.75) is 37.7 Å². The summed E-state index contributed by atoms with van der Waals surface area (Å²) in [4.78, 5) is -0.246. The monoisotopic (exact) mass is 431 g/mol. The summed E-state index contributed by atoms with van der Waals surface area (Å²) in [5.74, 6) is 0.512. The van der Waals surface area contributed by atoms with Gasteiger partial charge in [0.25, 0.3) is 0 Å². The molecule has 0 aromatic heterocycles. The van der Waals surface area contributed by atoms with Crippen LogP contribution < -0.4 is 4.74 Å². The Morgan fingerprint density at radius 3 is 2.16 bits per heavy atom. The molecular weight excluding hydrogens is 406 g/mol. The van der Waals surface area contributed by atoms with Crippen LogP contribution >= 0.6 is 0 Å². The molecule has 0 heterocycles. The van der Waals surface area contributed by atoms with Crippen LogP contribution in [0.3, 0.4) is 0 Å². The topological polar surface area (TPSA) is 67.2 Å². The fraction of sp³-hybridized carbons (Fsp3) is 0.192. The summed E-state index contributed by atoms with van der Waals surface area (Å²) >= 11 is 0. The van der Waals surface area contributed by atoms with E-state index in [0.29, 0.717) is 17.9 Å². The maximum absolute atomic E-state index is 12.8. The normalized spacial score (nSPS) is 12.3. The summed E-state index contributed by atoms with van der Waals surface area (Å²) in [5.41, 5.74) is 2.85. The molecule has 0 amide bonds. The lowest BCUT2D eigenvalue weighted by molar-refractivity contribution is 0.305. The van der Waals surface area contributed by atoms with E-state index in [4.69, 9.17) is 4.74 Å². The molecule has 4 nitrogen and oxygen atoms in total. The lowest BCUT2D eigenvalue weighted by atomic mass is 9.87. The highest BCUT2D eigenvalue weighted by molar-refractivity contribution is 7.95. The largest absolute Gasteiger partial charge is 0.488 e. The standard InChI is InChI=1S/C26H25NO3S/c1-26(2,3)22-15-13-20(14-16-22)19-30-25-12-8-7-9-21(25)17-24(18-27)31(28,29)23-10-5-4-6-11-23/h4-17H,19H2,1-3H3. The van der Waals surface area contributed by atoms with E-state index in [1.54, 1.807) is 36.4 Å². The zero-order chi connectivity index (χ0) is 22.5. The minimum Gasteiger partial charge on any atom is -0.488 e. The number of nitriles is 1. The first kappa shape index (κ1) is 22.3. The lowest BCUT2D eigenvalue weighted by Gasteiger charge is -2.19. The molecule has 0 aliphatic heterocycles. The van der Waals surface area contributed by atoms with Gasteiger partial charge in [-0.05, 0) is 40.8 Å². The number of benzene rings is 3. The van der Waals surface area contributed by atoms with Crippen LogP contribution in [-0.2, 0) is 21.9 Å². The molecule has 0 saturated heterocycles. The van der Waals surface area contributed by atoms with Crippen molar-refractivity contribution in [2.75, 3.05) is 0 Å². The highest BCUT2D eigenvalue weighted by Gasteiger charge is 2.21. The third kappa shape index (κ3) is 5.42. The summed E-state index contributed by atoms with van der Waals surface area (Å²) in [7, 11) is -3.91. The SMILES string of the molecule is CC(C)(C)c1ccc(COc2ccccc2C=C(C#N)S(=O)(=O)c2ccccc2)cc1. The highest BCUT2D eigenvalue weighted by Crippen LogP contribution is 2.27. The summed E-state index contributed by atoms with van der Waals surface area (Å²) in [6.45, 7) is 6.83. The Morgan fingerprint density at radius 2 is 1.55 bits per heavy atom. The second kappa shape index (κ2) is 9.20. The summed E-state index contributed by atoms with van der Waals surface area (Å²) in [6.07, 6.45) is 1.36. The molecule has 3 aromatic carbocycles. The molecule has 0 aliphatic rings. The van der Waals surface area contributed by atoms with E-state index < -0.39 is 9.84 Å². The molecule has 5 heteroatoms. The zero-order valence-corrected chi connectivity index (χ0v) is 18.7. The second-order valence-electron chi connectivity index (χ2n) is 8.21. The Morgan fingerprint density at radius 1 is 0.935 bits per heavy atom. The quantitative estimate of drug-likeness (QED) is 0.456. The van der Waals surface area contributed by atoms with Crippen LogP contribution in [0.4, 0.5) is 0 Å². The molecule has 31 heavy (non-hydrogen) atoms. The smallest absolute Gasteiger partial charge is 0.216 e. The number of allylic oxidation sites excluding steroid dienone is 1. The van der Waals surface area contributed by atoms with Crippen LogP contribution in [0.2, 0.25) is 0 Å². The average Bonchev–Trinajstić information content (AvgIpc) is 2.77. The highest BCUT2D eigenvalue weighted by atomic mass is 32.2. The molecule has 3 rings (SSSR count). The molecule has 0 unspecified atom stereocenters. The van der Waals surface area contributed by atoms with E-state index in [-0.39, 0.29) is 15.2 Å². The van der Waals surface area contributed by atoms with Gasteiger partial charge in [-0.3, -0.25) is 0 Å². The van der Waals surface area contributed by atoms with Crippen molar-refractivity contribution >= 4 is 15.9 Å². The van der Waals surface area contributed by atoms with Crippen LogP contribution in [0, 0.1) is 11.3 Å². The van der Waals surface area contributed by atoms with Crippen LogP contribution in [0.25, 0.3) is 6.08 Å². The van der Waals surface area contributed by atoms with E-state index in [9.17, 15) is 13.7 Å². The molecule has 0 spiro atoms. The van der Waals surface area contributed by atoms with E-state index in [1.165, 1.54) is 23.8 Å². The Labute approximate surface area is 184 Å². The number of hydrogen-bond donors (Lipinski definition) is 0. The van der Waals surface area contributed by atoms with Crippen molar-refractivity contribution in [3.8, 4) is 11.8 Å². The minimum absolute atomic E-state index is 0.0781. The van der Waals surface area contributed by atoms with Gasteiger partial charge in [0.1, 0.15) is 23.3 Å². The first-order chi connectivity index (χ1) is 14.7. The van der Waals surface area contributed by atoms with E-state index in [0.717, 1.165) is 5.56 Å². The summed E-state index contributed by atoms with van der Waals surface area (Å²) in [6, 6.07) is 25.1. The van der Waals surface area contributed by atoms with Gasteiger partial charge in [-0.15, -0.1) is 0 Å². The van der Waals surface area contributed by atoms with Gasteiger partial charge in [-0.1, -0.05) is 81.4 Å². The average molecular weight is 432 g/mol. The van der Waals surface area contributed by atoms with Crippen molar-refractivity contribution in [3.63, 3.8) is 0 Å². The number of hydrogen-bond acceptors (Lipinski definition) is 4. The van der Waals surface area contributed by atoms with Crippen LogP contribution in [0.15, 0.2) is 88.7 Å². The Kier molecular flexibility index (Phi) is 6.62. The molecule has 0 radical (unpaired) electrons. The van der Waals surface area contributed by atoms with Gasteiger partial charge in [-0.25, -0.2) is 8.42 Å². The molecule has 0 N–H and O–H groups in total. The number of nitrogens with zero attached hydrogens (tertiary/aromatic N) is 1. The molecule has 0 bridgehead atoms. The first-order valence-electron chi connectivity index (χ1n) is 9.95. The summed E-state index contributed by atoms with van der Waals surface area (Å²) < 4.78 is 31.6. The van der Waals surface area contributed by atoms with Gasteiger partial charge < -0.3 is 4.74 Å². The summed E-state index contributed by atoms with van der Waals surface area (Å²) in [5, 5.41) is 9.54. The van der Waals surface area contributed by atoms with Crippen molar-refractivity contribution in [3.05, 3.63) is 100 Å².